The molecule has 0 unspecified atom stereocenters. The van der Waals surface area contributed by atoms with E-state index in [1.807, 2.05) is 6.92 Å². The summed E-state index contributed by atoms with van der Waals surface area (Å²) in [6.07, 6.45) is -1.01. The normalized spacial score (nSPS) is 11.1. The van der Waals surface area contributed by atoms with Gasteiger partial charge < -0.3 is 14.8 Å². The molecule has 0 fully saturated rings. The molecule has 1 amide bonds. The van der Waals surface area contributed by atoms with Gasteiger partial charge >= 0.3 is 12.4 Å². The molecule has 1 N–H and O–H groups in total. The molecule has 0 saturated carbocycles. The summed E-state index contributed by atoms with van der Waals surface area (Å²) in [5.41, 5.74) is 0.704. The van der Waals surface area contributed by atoms with E-state index in [1.54, 1.807) is 0 Å². The lowest BCUT2D eigenvalue weighted by molar-refractivity contribution is -0.274. The fraction of sp³-hybridized carbons (Fsp3) is 0.312. The molecule has 134 valence electrons. The van der Waals surface area contributed by atoms with Gasteiger partial charge in [-0.3, -0.25) is 4.79 Å². The highest BCUT2D eigenvalue weighted by Gasteiger charge is 2.31. The van der Waals surface area contributed by atoms with Gasteiger partial charge in [0.15, 0.2) is 0 Å². The molecule has 0 atom stereocenters. The van der Waals surface area contributed by atoms with E-state index in [-0.39, 0.29) is 23.4 Å². The maximum atomic E-state index is 12.4. The summed E-state index contributed by atoms with van der Waals surface area (Å²) in [5, 5.41) is 2.61. The highest BCUT2D eigenvalue weighted by atomic mass is 19.4. The van der Waals surface area contributed by atoms with Crippen molar-refractivity contribution in [3.8, 4) is 17.5 Å². The second-order valence-electron chi connectivity index (χ2n) is 5.13. The third-order valence-electron chi connectivity index (χ3n) is 2.98. The molecule has 0 spiro atoms. The lowest BCUT2D eigenvalue weighted by atomic mass is 10.2. The van der Waals surface area contributed by atoms with Crippen LogP contribution >= 0.6 is 0 Å². The highest BCUT2D eigenvalue weighted by molar-refractivity contribution is 5.90. The second-order valence-corrected chi connectivity index (χ2v) is 5.13. The van der Waals surface area contributed by atoms with Crippen LogP contribution in [0.15, 0.2) is 30.6 Å². The quantitative estimate of drug-likeness (QED) is 0.840. The predicted molar refractivity (Wildman–Crippen MR) is 83.5 cm³/mol. The number of anilines is 1. The molecular weight excluding hydrogens is 339 g/mol. The molecule has 0 aliphatic rings. The number of nitrogens with one attached hydrogen (secondary N) is 1. The molecule has 1 aromatic carbocycles. The van der Waals surface area contributed by atoms with Crippen molar-refractivity contribution in [1.82, 2.24) is 9.97 Å². The van der Waals surface area contributed by atoms with Gasteiger partial charge in [0.1, 0.15) is 11.5 Å². The van der Waals surface area contributed by atoms with Crippen molar-refractivity contribution < 1.29 is 27.4 Å². The number of hydrogen-bond donors (Lipinski definition) is 1. The molecular formula is C16H16F3N3O3. The van der Waals surface area contributed by atoms with E-state index >= 15 is 0 Å². The van der Waals surface area contributed by atoms with Gasteiger partial charge in [-0.25, -0.2) is 9.97 Å². The van der Waals surface area contributed by atoms with Crippen molar-refractivity contribution in [2.75, 3.05) is 5.32 Å². The summed E-state index contributed by atoms with van der Waals surface area (Å²) in [6, 6.07) is 3.92. The maximum absolute atomic E-state index is 12.4. The maximum Gasteiger partial charge on any atom is 0.573 e. The van der Waals surface area contributed by atoms with Gasteiger partial charge in [-0.15, -0.1) is 13.2 Å². The first-order chi connectivity index (χ1) is 11.8. The molecule has 0 bridgehead atoms. The Bertz CT molecular complexity index is 734. The third-order valence-corrected chi connectivity index (χ3v) is 2.98. The number of ether oxygens (including phenoxy) is 2. The zero-order valence-electron chi connectivity index (χ0n) is 13.6. The van der Waals surface area contributed by atoms with Crippen LogP contribution in [-0.4, -0.2) is 22.2 Å². The minimum absolute atomic E-state index is 0.0738. The molecule has 6 nitrogen and oxygen atoms in total. The van der Waals surface area contributed by atoms with Gasteiger partial charge in [0.25, 0.3) is 0 Å². The molecule has 9 heteroatoms. The number of carbonyl (C=O) groups is 1. The van der Waals surface area contributed by atoms with Crippen LogP contribution < -0.4 is 14.8 Å². The van der Waals surface area contributed by atoms with Crippen molar-refractivity contribution in [2.45, 2.75) is 33.1 Å². The van der Waals surface area contributed by atoms with Gasteiger partial charge in [-0.2, -0.15) is 0 Å². The molecule has 2 rings (SSSR count). The fourth-order valence-electron chi connectivity index (χ4n) is 1.87. The van der Waals surface area contributed by atoms with E-state index < -0.39 is 6.36 Å². The van der Waals surface area contributed by atoms with Gasteiger partial charge in [0, 0.05) is 12.5 Å². The first-order valence-corrected chi connectivity index (χ1v) is 7.43. The number of rotatable bonds is 6. The van der Waals surface area contributed by atoms with E-state index in [9.17, 15) is 18.0 Å². The molecule has 2 aromatic rings. The van der Waals surface area contributed by atoms with E-state index in [2.05, 4.69) is 20.0 Å². The highest BCUT2D eigenvalue weighted by Crippen LogP contribution is 2.31. The first-order valence-electron chi connectivity index (χ1n) is 7.43. The molecule has 0 aliphatic carbocycles. The van der Waals surface area contributed by atoms with Crippen LogP contribution in [0.2, 0.25) is 0 Å². The summed E-state index contributed by atoms with van der Waals surface area (Å²) < 4.78 is 46.3. The SMILES string of the molecule is CCCC(=O)Nc1cnc(Oc2ccc(C)c(OC(F)(F)F)c2)nc1. The number of aromatic nitrogens is 2. The van der Waals surface area contributed by atoms with Crippen molar-refractivity contribution >= 4 is 11.6 Å². The number of benzene rings is 1. The van der Waals surface area contributed by atoms with Crippen LogP contribution in [0, 0.1) is 6.92 Å². The smallest absolute Gasteiger partial charge is 0.424 e. The van der Waals surface area contributed by atoms with Crippen molar-refractivity contribution in [2.24, 2.45) is 0 Å². The standard InChI is InChI=1S/C16H16F3N3O3/c1-3-4-14(23)22-11-8-20-15(21-9-11)24-12-6-5-10(2)13(7-12)25-16(17,18)19/h5-9H,3-4H2,1-2H3,(H,22,23). The Morgan fingerprint density at radius 2 is 1.92 bits per heavy atom. The Labute approximate surface area is 142 Å². The van der Waals surface area contributed by atoms with Crippen molar-refractivity contribution in [1.29, 1.82) is 0 Å². The predicted octanol–water partition coefficient (Wildman–Crippen LogP) is 4.21. The van der Waals surface area contributed by atoms with Crippen LogP contribution in [0.1, 0.15) is 25.3 Å². The Balaban J connectivity index is 2.07. The lowest BCUT2D eigenvalue weighted by Crippen LogP contribution is -2.17. The first kappa shape index (κ1) is 18.5. The zero-order chi connectivity index (χ0) is 18.4. The molecule has 0 radical (unpaired) electrons. The fourth-order valence-corrected chi connectivity index (χ4v) is 1.87. The summed E-state index contributed by atoms with van der Waals surface area (Å²) in [5.74, 6) is -0.437. The number of alkyl halides is 3. The van der Waals surface area contributed by atoms with Crippen molar-refractivity contribution in [3.05, 3.63) is 36.2 Å². The molecule has 0 saturated heterocycles. The average molecular weight is 355 g/mol. The van der Waals surface area contributed by atoms with Crippen LogP contribution in [0.5, 0.6) is 17.5 Å². The number of aryl methyl sites for hydroxylation is 1. The van der Waals surface area contributed by atoms with Crippen LogP contribution in [0.4, 0.5) is 18.9 Å². The van der Waals surface area contributed by atoms with Crippen LogP contribution in [-0.2, 0) is 4.79 Å². The van der Waals surface area contributed by atoms with E-state index in [4.69, 9.17) is 4.74 Å². The van der Waals surface area contributed by atoms with E-state index in [0.29, 0.717) is 24.1 Å². The largest absolute Gasteiger partial charge is 0.573 e. The summed E-state index contributed by atoms with van der Waals surface area (Å²) >= 11 is 0. The van der Waals surface area contributed by atoms with E-state index in [1.165, 1.54) is 31.5 Å². The average Bonchev–Trinajstić information content (AvgIpc) is 2.51. The number of carbonyl (C=O) groups excluding carboxylic acids is 1. The molecule has 1 heterocycles. The van der Waals surface area contributed by atoms with Gasteiger partial charge in [-0.05, 0) is 25.0 Å². The Morgan fingerprint density at radius 3 is 2.52 bits per heavy atom. The number of nitrogens with zero attached hydrogens (tertiary/aromatic N) is 2. The van der Waals surface area contributed by atoms with Crippen molar-refractivity contribution in [3.63, 3.8) is 0 Å². The second kappa shape index (κ2) is 7.82. The van der Waals surface area contributed by atoms with E-state index in [0.717, 1.165) is 6.07 Å². The number of halogens is 3. The minimum atomic E-state index is -4.79. The minimum Gasteiger partial charge on any atom is -0.424 e. The zero-order valence-corrected chi connectivity index (χ0v) is 13.6. The summed E-state index contributed by atoms with van der Waals surface area (Å²) in [4.78, 5) is 19.3. The number of hydrogen-bond acceptors (Lipinski definition) is 5. The summed E-state index contributed by atoms with van der Waals surface area (Å²) in [7, 11) is 0. The lowest BCUT2D eigenvalue weighted by Gasteiger charge is -2.12. The van der Waals surface area contributed by atoms with Gasteiger partial charge in [-0.1, -0.05) is 13.0 Å². The third kappa shape index (κ3) is 5.94. The molecule has 25 heavy (non-hydrogen) atoms. The molecule has 1 aromatic heterocycles. The van der Waals surface area contributed by atoms with Gasteiger partial charge in [0.2, 0.25) is 5.91 Å². The summed E-state index contributed by atoms with van der Waals surface area (Å²) in [6.45, 7) is 3.36. The molecule has 0 aliphatic heterocycles. The Kier molecular flexibility index (Phi) is 5.79. The van der Waals surface area contributed by atoms with Crippen LogP contribution in [0.3, 0.4) is 0 Å². The monoisotopic (exact) mass is 355 g/mol. The van der Waals surface area contributed by atoms with Gasteiger partial charge in [0.05, 0.1) is 18.1 Å². The topological polar surface area (TPSA) is 73.3 Å². The Morgan fingerprint density at radius 1 is 1.24 bits per heavy atom. The Hall–Kier alpha value is -2.84. The van der Waals surface area contributed by atoms with Crippen LogP contribution in [0.25, 0.3) is 0 Å². The number of amides is 1.